The normalized spacial score (nSPS) is 10.1. The zero-order chi connectivity index (χ0) is 17.5. The number of nitro groups is 1. The minimum atomic E-state index is -0.541. The van der Waals surface area contributed by atoms with E-state index in [0.29, 0.717) is 17.9 Å². The second-order valence-electron chi connectivity index (χ2n) is 4.92. The molecule has 0 saturated carbocycles. The van der Waals surface area contributed by atoms with Gasteiger partial charge in [0.25, 0.3) is 5.69 Å². The van der Waals surface area contributed by atoms with Gasteiger partial charge in [0.15, 0.2) is 11.5 Å². The van der Waals surface area contributed by atoms with E-state index in [9.17, 15) is 14.9 Å². The number of methoxy groups -OCH3 is 2. The number of nitro benzene ring substituents is 1. The van der Waals surface area contributed by atoms with E-state index in [-0.39, 0.29) is 17.9 Å². The van der Waals surface area contributed by atoms with Gasteiger partial charge in [0.2, 0.25) is 0 Å². The minimum absolute atomic E-state index is 0.125. The Morgan fingerprint density at radius 1 is 1.08 bits per heavy atom. The molecule has 0 aromatic heterocycles. The molecule has 0 aliphatic heterocycles. The molecule has 0 bridgehead atoms. The largest absolute Gasteiger partial charge is 0.493 e. The van der Waals surface area contributed by atoms with Crippen molar-refractivity contribution >= 4 is 11.7 Å². The highest BCUT2D eigenvalue weighted by molar-refractivity contribution is 5.73. The minimum Gasteiger partial charge on any atom is -0.493 e. The van der Waals surface area contributed by atoms with Crippen LogP contribution in [0.25, 0.3) is 0 Å². The summed E-state index contributed by atoms with van der Waals surface area (Å²) in [6.45, 7) is 0. The SMILES string of the molecule is COc1ccc(CCC(=O)Oc2cccc([N+](=O)[O-])c2)cc1OC. The quantitative estimate of drug-likeness (QED) is 0.335. The van der Waals surface area contributed by atoms with E-state index in [1.54, 1.807) is 19.2 Å². The van der Waals surface area contributed by atoms with Gasteiger partial charge < -0.3 is 14.2 Å². The summed E-state index contributed by atoms with van der Waals surface area (Å²) in [5, 5.41) is 10.7. The number of esters is 1. The van der Waals surface area contributed by atoms with Gasteiger partial charge in [-0.25, -0.2) is 0 Å². The number of carbonyl (C=O) groups excluding carboxylic acids is 1. The molecule has 126 valence electrons. The van der Waals surface area contributed by atoms with Gasteiger partial charge in [-0.2, -0.15) is 0 Å². The standard InChI is InChI=1S/C17H17NO6/c1-22-15-8-6-12(10-16(15)23-2)7-9-17(19)24-14-5-3-4-13(11-14)18(20)21/h3-6,8,10-11H,7,9H2,1-2H3. The Morgan fingerprint density at radius 2 is 1.83 bits per heavy atom. The molecule has 0 heterocycles. The Bertz CT molecular complexity index is 744. The van der Waals surface area contributed by atoms with Crippen LogP contribution in [0.4, 0.5) is 5.69 Å². The average molecular weight is 331 g/mol. The highest BCUT2D eigenvalue weighted by Crippen LogP contribution is 2.28. The maximum Gasteiger partial charge on any atom is 0.311 e. The third kappa shape index (κ3) is 4.45. The fourth-order valence-corrected chi connectivity index (χ4v) is 2.13. The van der Waals surface area contributed by atoms with Crippen LogP contribution in [0.2, 0.25) is 0 Å². The summed E-state index contributed by atoms with van der Waals surface area (Å²) < 4.78 is 15.5. The molecule has 0 aliphatic carbocycles. The number of non-ortho nitro benzene ring substituents is 1. The smallest absolute Gasteiger partial charge is 0.311 e. The van der Waals surface area contributed by atoms with Crippen molar-refractivity contribution < 1.29 is 23.9 Å². The zero-order valence-corrected chi connectivity index (χ0v) is 13.4. The molecular weight excluding hydrogens is 314 g/mol. The maximum absolute atomic E-state index is 11.9. The highest BCUT2D eigenvalue weighted by Gasteiger charge is 2.11. The van der Waals surface area contributed by atoms with Crippen molar-refractivity contribution in [3.63, 3.8) is 0 Å². The van der Waals surface area contributed by atoms with Crippen molar-refractivity contribution in [2.75, 3.05) is 14.2 Å². The van der Waals surface area contributed by atoms with Gasteiger partial charge in [0.1, 0.15) is 5.75 Å². The molecule has 2 aromatic rings. The molecule has 0 aliphatic rings. The monoisotopic (exact) mass is 331 g/mol. The number of aryl methyl sites for hydroxylation is 1. The van der Waals surface area contributed by atoms with Crippen LogP contribution in [-0.2, 0) is 11.2 Å². The number of benzene rings is 2. The molecular formula is C17H17NO6. The molecule has 0 radical (unpaired) electrons. The summed E-state index contributed by atoms with van der Waals surface area (Å²) in [5.41, 5.74) is 0.767. The Balaban J connectivity index is 1.96. The van der Waals surface area contributed by atoms with Crippen molar-refractivity contribution in [2.45, 2.75) is 12.8 Å². The predicted molar refractivity (Wildman–Crippen MR) is 86.6 cm³/mol. The van der Waals surface area contributed by atoms with Crippen LogP contribution >= 0.6 is 0 Å². The molecule has 0 saturated heterocycles. The van der Waals surface area contributed by atoms with Gasteiger partial charge in [-0.15, -0.1) is 0 Å². The van der Waals surface area contributed by atoms with Crippen LogP contribution in [0, 0.1) is 10.1 Å². The summed E-state index contributed by atoms with van der Waals surface area (Å²) in [6.07, 6.45) is 0.590. The lowest BCUT2D eigenvalue weighted by atomic mass is 10.1. The lowest BCUT2D eigenvalue weighted by Gasteiger charge is -2.09. The third-order valence-electron chi connectivity index (χ3n) is 3.33. The topological polar surface area (TPSA) is 87.9 Å². The molecule has 0 spiro atoms. The summed E-state index contributed by atoms with van der Waals surface area (Å²) >= 11 is 0. The summed E-state index contributed by atoms with van der Waals surface area (Å²) in [5.74, 6) is 0.884. The first-order chi connectivity index (χ1) is 11.5. The second kappa shape index (κ2) is 7.96. The molecule has 0 amide bonds. The Labute approximate surface area is 138 Å². The summed E-state index contributed by atoms with van der Waals surface area (Å²) in [7, 11) is 3.09. The highest BCUT2D eigenvalue weighted by atomic mass is 16.6. The van der Waals surface area contributed by atoms with E-state index in [0.717, 1.165) is 5.56 Å². The van der Waals surface area contributed by atoms with Crippen molar-refractivity contribution in [2.24, 2.45) is 0 Å². The lowest BCUT2D eigenvalue weighted by molar-refractivity contribution is -0.384. The van der Waals surface area contributed by atoms with Crippen LogP contribution in [-0.4, -0.2) is 25.1 Å². The van der Waals surface area contributed by atoms with Gasteiger partial charge in [-0.05, 0) is 30.2 Å². The maximum atomic E-state index is 11.9. The molecule has 7 heteroatoms. The zero-order valence-electron chi connectivity index (χ0n) is 13.4. The Kier molecular flexibility index (Phi) is 5.73. The number of nitrogens with zero attached hydrogens (tertiary/aromatic N) is 1. The first kappa shape index (κ1) is 17.3. The van der Waals surface area contributed by atoms with Gasteiger partial charge in [0.05, 0.1) is 25.2 Å². The molecule has 24 heavy (non-hydrogen) atoms. The van der Waals surface area contributed by atoms with Gasteiger partial charge in [-0.1, -0.05) is 12.1 Å². The Morgan fingerprint density at radius 3 is 2.50 bits per heavy atom. The number of hydrogen-bond acceptors (Lipinski definition) is 6. The average Bonchev–Trinajstić information content (AvgIpc) is 2.59. The molecule has 7 nitrogen and oxygen atoms in total. The van der Waals surface area contributed by atoms with Gasteiger partial charge >= 0.3 is 5.97 Å². The Hall–Kier alpha value is -3.09. The molecule has 0 N–H and O–H groups in total. The van der Waals surface area contributed by atoms with E-state index in [2.05, 4.69) is 0 Å². The van der Waals surface area contributed by atoms with Crippen molar-refractivity contribution in [1.82, 2.24) is 0 Å². The first-order valence-corrected chi connectivity index (χ1v) is 7.19. The fraction of sp³-hybridized carbons (Fsp3) is 0.235. The summed E-state index contributed by atoms with van der Waals surface area (Å²) in [4.78, 5) is 22.1. The molecule has 0 unspecified atom stereocenters. The van der Waals surface area contributed by atoms with E-state index in [1.807, 2.05) is 6.07 Å². The molecule has 2 aromatic carbocycles. The van der Waals surface area contributed by atoms with E-state index in [4.69, 9.17) is 14.2 Å². The number of ether oxygens (including phenoxy) is 3. The van der Waals surface area contributed by atoms with Crippen molar-refractivity contribution in [3.8, 4) is 17.2 Å². The summed E-state index contributed by atoms with van der Waals surface area (Å²) in [6, 6.07) is 10.9. The van der Waals surface area contributed by atoms with Crippen molar-refractivity contribution in [3.05, 3.63) is 58.1 Å². The number of rotatable bonds is 7. The van der Waals surface area contributed by atoms with Gasteiger partial charge in [0, 0.05) is 12.5 Å². The lowest BCUT2D eigenvalue weighted by Crippen LogP contribution is -2.09. The first-order valence-electron chi connectivity index (χ1n) is 7.19. The van der Waals surface area contributed by atoms with E-state index < -0.39 is 10.9 Å². The molecule has 2 rings (SSSR count). The van der Waals surface area contributed by atoms with E-state index >= 15 is 0 Å². The van der Waals surface area contributed by atoms with E-state index in [1.165, 1.54) is 31.4 Å². The fourth-order valence-electron chi connectivity index (χ4n) is 2.13. The van der Waals surface area contributed by atoms with Crippen LogP contribution in [0.5, 0.6) is 17.2 Å². The van der Waals surface area contributed by atoms with Crippen LogP contribution in [0.1, 0.15) is 12.0 Å². The van der Waals surface area contributed by atoms with Crippen LogP contribution in [0.3, 0.4) is 0 Å². The van der Waals surface area contributed by atoms with Crippen LogP contribution < -0.4 is 14.2 Å². The van der Waals surface area contributed by atoms with Crippen LogP contribution in [0.15, 0.2) is 42.5 Å². The number of hydrogen-bond donors (Lipinski definition) is 0. The number of carbonyl (C=O) groups is 1. The van der Waals surface area contributed by atoms with Gasteiger partial charge in [-0.3, -0.25) is 14.9 Å². The third-order valence-corrected chi connectivity index (χ3v) is 3.33. The predicted octanol–water partition coefficient (Wildman–Crippen LogP) is 3.15. The second-order valence-corrected chi connectivity index (χ2v) is 4.92. The molecule has 0 fully saturated rings. The molecule has 0 atom stereocenters. The van der Waals surface area contributed by atoms with Crippen molar-refractivity contribution in [1.29, 1.82) is 0 Å².